The van der Waals surface area contributed by atoms with Crippen molar-refractivity contribution in [2.75, 3.05) is 6.54 Å². The second-order valence-corrected chi connectivity index (χ2v) is 5.01. The van der Waals surface area contributed by atoms with Crippen LogP contribution in [0.5, 0.6) is 0 Å². The summed E-state index contributed by atoms with van der Waals surface area (Å²) in [7, 11) is 0. The van der Waals surface area contributed by atoms with Crippen LogP contribution in [0.15, 0.2) is 0 Å². The van der Waals surface area contributed by atoms with Crippen LogP contribution in [0.3, 0.4) is 0 Å². The predicted molar refractivity (Wildman–Crippen MR) is 77.0 cm³/mol. The average Bonchev–Trinajstić information content (AvgIpc) is 2.40. The molecule has 0 aromatic carbocycles. The first-order valence-electron chi connectivity index (χ1n) is 7.52. The molecule has 0 aliphatic heterocycles. The maximum absolute atomic E-state index is 11.0. The third-order valence-corrected chi connectivity index (χ3v) is 3.13. The summed E-state index contributed by atoms with van der Waals surface area (Å²) in [4.78, 5) is 21.3. The van der Waals surface area contributed by atoms with E-state index in [4.69, 9.17) is 10.4 Å². The number of nitrogens with one attached hydrogen (secondary N) is 1. The van der Waals surface area contributed by atoms with Crippen LogP contribution in [0, 0.1) is 11.3 Å². The molecule has 0 saturated heterocycles. The molecular formula is C15H26N2O3. The number of nitrogens with zero attached hydrogens (tertiary/aromatic N) is 1. The Bertz CT molecular complexity index is 311. The molecule has 0 aromatic heterocycles. The lowest BCUT2D eigenvalue weighted by Crippen LogP contribution is -2.23. The van der Waals surface area contributed by atoms with Crippen LogP contribution >= 0.6 is 0 Å². The van der Waals surface area contributed by atoms with Gasteiger partial charge >= 0.3 is 5.97 Å². The zero-order valence-electron chi connectivity index (χ0n) is 12.2. The lowest BCUT2D eigenvalue weighted by atomic mass is 10.1. The molecule has 0 heterocycles. The summed E-state index contributed by atoms with van der Waals surface area (Å²) < 4.78 is 0. The molecule has 0 unspecified atom stereocenters. The Morgan fingerprint density at radius 1 is 0.900 bits per heavy atom. The Morgan fingerprint density at radius 3 is 1.90 bits per heavy atom. The number of rotatable bonds is 13. The van der Waals surface area contributed by atoms with Crippen LogP contribution in [0.1, 0.15) is 70.6 Å². The fraction of sp³-hybridized carbons (Fsp3) is 0.800. The van der Waals surface area contributed by atoms with Gasteiger partial charge in [0.15, 0.2) is 0 Å². The summed E-state index contributed by atoms with van der Waals surface area (Å²) in [6.07, 6.45) is 9.98. The first-order chi connectivity index (χ1) is 9.66. The smallest absolute Gasteiger partial charge is 0.303 e. The van der Waals surface area contributed by atoms with E-state index >= 15 is 0 Å². The van der Waals surface area contributed by atoms with E-state index in [1.54, 1.807) is 0 Å². The Balaban J connectivity index is 3.08. The Hall–Kier alpha value is -1.57. The first-order valence-corrected chi connectivity index (χ1v) is 7.52. The van der Waals surface area contributed by atoms with Gasteiger partial charge in [0.05, 0.1) is 6.07 Å². The lowest BCUT2D eigenvalue weighted by molar-refractivity contribution is -0.137. The molecule has 5 heteroatoms. The molecule has 0 radical (unpaired) electrons. The van der Waals surface area contributed by atoms with Gasteiger partial charge < -0.3 is 10.4 Å². The van der Waals surface area contributed by atoms with Crippen molar-refractivity contribution >= 4 is 11.9 Å². The molecule has 0 aliphatic rings. The van der Waals surface area contributed by atoms with Gasteiger partial charge in [0.25, 0.3) is 0 Å². The monoisotopic (exact) mass is 282 g/mol. The van der Waals surface area contributed by atoms with Gasteiger partial charge in [-0.05, 0) is 12.8 Å². The predicted octanol–water partition coefficient (Wildman–Crippen LogP) is 3.00. The van der Waals surface area contributed by atoms with Crippen molar-refractivity contribution in [2.24, 2.45) is 0 Å². The number of aliphatic carboxylic acids is 1. The molecule has 0 aliphatic carbocycles. The minimum absolute atomic E-state index is 0.0537. The van der Waals surface area contributed by atoms with Gasteiger partial charge in [0.1, 0.15) is 6.42 Å². The molecule has 20 heavy (non-hydrogen) atoms. The molecule has 114 valence electrons. The lowest BCUT2D eigenvalue weighted by Gasteiger charge is -2.03. The van der Waals surface area contributed by atoms with Crippen molar-refractivity contribution in [3.8, 4) is 6.07 Å². The maximum Gasteiger partial charge on any atom is 0.303 e. The highest BCUT2D eigenvalue weighted by Crippen LogP contribution is 2.10. The number of unbranched alkanes of at least 4 members (excludes halogenated alkanes) is 8. The zero-order chi connectivity index (χ0) is 15.1. The molecule has 0 fully saturated rings. The van der Waals surface area contributed by atoms with E-state index in [2.05, 4.69) is 5.32 Å². The molecule has 0 aromatic rings. The molecule has 0 atom stereocenters. The van der Waals surface area contributed by atoms with Crippen molar-refractivity contribution in [3.05, 3.63) is 0 Å². The molecule has 1 amide bonds. The number of amides is 1. The minimum Gasteiger partial charge on any atom is -0.481 e. The van der Waals surface area contributed by atoms with E-state index in [0.717, 1.165) is 32.1 Å². The van der Waals surface area contributed by atoms with E-state index in [-0.39, 0.29) is 18.7 Å². The molecule has 0 saturated carbocycles. The standard InChI is InChI=1S/C15H26N2O3/c16-12-11-14(18)17-13-9-7-5-3-1-2-4-6-8-10-15(19)20/h1-11,13H2,(H,17,18)(H,19,20). The van der Waals surface area contributed by atoms with Gasteiger partial charge in [0.2, 0.25) is 5.91 Å². The van der Waals surface area contributed by atoms with Crippen LogP contribution < -0.4 is 5.32 Å². The van der Waals surface area contributed by atoms with Gasteiger partial charge in [-0.25, -0.2) is 0 Å². The number of carboxylic acid groups (broad SMARTS) is 1. The third-order valence-electron chi connectivity index (χ3n) is 3.13. The fourth-order valence-electron chi connectivity index (χ4n) is 2.00. The number of nitriles is 1. The van der Waals surface area contributed by atoms with Gasteiger partial charge in [-0.3, -0.25) is 9.59 Å². The Labute approximate surface area is 121 Å². The quantitative estimate of drug-likeness (QED) is 0.508. The van der Waals surface area contributed by atoms with Crippen LogP contribution in [-0.2, 0) is 9.59 Å². The molecule has 0 rings (SSSR count). The molecule has 5 nitrogen and oxygen atoms in total. The van der Waals surface area contributed by atoms with Gasteiger partial charge in [-0.1, -0.05) is 44.9 Å². The molecule has 2 N–H and O–H groups in total. The topological polar surface area (TPSA) is 90.2 Å². The van der Waals surface area contributed by atoms with E-state index < -0.39 is 5.97 Å². The van der Waals surface area contributed by atoms with Crippen LogP contribution in [0.2, 0.25) is 0 Å². The molecule has 0 bridgehead atoms. The van der Waals surface area contributed by atoms with Crippen molar-refractivity contribution in [1.82, 2.24) is 5.32 Å². The molecule has 0 spiro atoms. The number of hydrogen-bond acceptors (Lipinski definition) is 3. The number of carbonyl (C=O) groups excluding carboxylic acids is 1. The third kappa shape index (κ3) is 14.5. The summed E-state index contributed by atoms with van der Waals surface area (Å²) in [5, 5.41) is 19.5. The minimum atomic E-state index is -0.702. The highest BCUT2D eigenvalue weighted by atomic mass is 16.4. The summed E-state index contributed by atoms with van der Waals surface area (Å²) in [5.41, 5.74) is 0. The summed E-state index contributed by atoms with van der Waals surface area (Å²) in [6, 6.07) is 1.82. The fourth-order valence-corrected chi connectivity index (χ4v) is 2.00. The van der Waals surface area contributed by atoms with E-state index in [1.807, 2.05) is 6.07 Å². The largest absolute Gasteiger partial charge is 0.481 e. The zero-order valence-corrected chi connectivity index (χ0v) is 12.2. The highest BCUT2D eigenvalue weighted by molar-refractivity contribution is 5.77. The highest BCUT2D eigenvalue weighted by Gasteiger charge is 1.98. The summed E-state index contributed by atoms with van der Waals surface area (Å²) >= 11 is 0. The first kappa shape index (κ1) is 18.4. The van der Waals surface area contributed by atoms with Gasteiger partial charge in [-0.15, -0.1) is 0 Å². The second-order valence-electron chi connectivity index (χ2n) is 5.01. The molecular weight excluding hydrogens is 256 g/mol. The Kier molecular flexibility index (Phi) is 12.8. The van der Waals surface area contributed by atoms with Crippen LogP contribution in [0.25, 0.3) is 0 Å². The van der Waals surface area contributed by atoms with Crippen molar-refractivity contribution in [2.45, 2.75) is 70.6 Å². The number of carboxylic acids is 1. The van der Waals surface area contributed by atoms with Crippen molar-refractivity contribution < 1.29 is 14.7 Å². The van der Waals surface area contributed by atoms with Gasteiger partial charge in [-0.2, -0.15) is 5.26 Å². The van der Waals surface area contributed by atoms with Crippen LogP contribution in [0.4, 0.5) is 0 Å². The normalized spacial score (nSPS) is 9.95. The number of carbonyl (C=O) groups is 2. The van der Waals surface area contributed by atoms with Crippen LogP contribution in [-0.4, -0.2) is 23.5 Å². The van der Waals surface area contributed by atoms with Gasteiger partial charge in [0, 0.05) is 13.0 Å². The second kappa shape index (κ2) is 13.9. The average molecular weight is 282 g/mol. The maximum atomic E-state index is 11.0. The number of hydrogen-bond donors (Lipinski definition) is 2. The summed E-state index contributed by atoms with van der Waals surface area (Å²) in [6.45, 7) is 0.662. The van der Waals surface area contributed by atoms with Crippen molar-refractivity contribution in [1.29, 1.82) is 5.26 Å². The van der Waals surface area contributed by atoms with E-state index in [0.29, 0.717) is 6.54 Å². The summed E-state index contributed by atoms with van der Waals surface area (Å²) in [5.74, 6) is -0.888. The van der Waals surface area contributed by atoms with E-state index in [1.165, 1.54) is 25.7 Å². The SMILES string of the molecule is N#CCC(=O)NCCCCCCCCCCCC(=O)O. The Morgan fingerprint density at radius 2 is 1.40 bits per heavy atom. The van der Waals surface area contributed by atoms with E-state index in [9.17, 15) is 9.59 Å². The van der Waals surface area contributed by atoms with Crippen molar-refractivity contribution in [3.63, 3.8) is 0 Å².